The van der Waals surface area contributed by atoms with Gasteiger partial charge in [0.15, 0.2) is 6.10 Å². The molecule has 0 spiro atoms. The van der Waals surface area contributed by atoms with Crippen molar-refractivity contribution in [3.8, 4) is 0 Å². The van der Waals surface area contributed by atoms with Gasteiger partial charge in [0.25, 0.3) is 0 Å². The van der Waals surface area contributed by atoms with E-state index in [-0.39, 0.29) is 32.0 Å². The number of allylic oxidation sites excluding steroid dienone is 30. The molecule has 568 valence electrons. The van der Waals surface area contributed by atoms with Gasteiger partial charge in [-0.25, -0.2) is 4.57 Å². The summed E-state index contributed by atoms with van der Waals surface area (Å²) in [7, 11) is 1.47. The summed E-state index contributed by atoms with van der Waals surface area (Å²) in [5.74, 6) is -0.798. The van der Waals surface area contributed by atoms with Crippen LogP contribution >= 0.6 is 7.82 Å². The van der Waals surface area contributed by atoms with Crippen molar-refractivity contribution < 1.29 is 42.1 Å². The Morgan fingerprint density at radius 1 is 0.310 bits per heavy atom. The maximum Gasteiger partial charge on any atom is 0.472 e. The lowest BCUT2D eigenvalue weighted by molar-refractivity contribution is -0.870. The quantitative estimate of drug-likeness (QED) is 0.0211. The molecule has 1 N–H and O–H groups in total. The van der Waals surface area contributed by atoms with Crippen LogP contribution in [0.4, 0.5) is 0 Å². The van der Waals surface area contributed by atoms with Crippen LogP contribution in [-0.2, 0) is 32.7 Å². The summed E-state index contributed by atoms with van der Waals surface area (Å²) in [6.45, 7) is 4.22. The zero-order chi connectivity index (χ0) is 72.5. The third-order valence-corrected chi connectivity index (χ3v) is 17.9. The van der Waals surface area contributed by atoms with Crippen molar-refractivity contribution in [3.05, 3.63) is 182 Å². The zero-order valence-corrected chi connectivity index (χ0v) is 65.8. The van der Waals surface area contributed by atoms with Crippen LogP contribution in [0.15, 0.2) is 182 Å². The van der Waals surface area contributed by atoms with Crippen molar-refractivity contribution in [2.45, 2.75) is 328 Å². The van der Waals surface area contributed by atoms with Gasteiger partial charge in [-0.3, -0.25) is 18.6 Å². The van der Waals surface area contributed by atoms with Crippen LogP contribution in [0.25, 0.3) is 0 Å². The molecule has 0 aliphatic heterocycles. The van der Waals surface area contributed by atoms with Crippen LogP contribution in [0.2, 0.25) is 0 Å². The first-order valence-electron chi connectivity index (χ1n) is 40.5. The predicted molar refractivity (Wildman–Crippen MR) is 436 cm³/mol. The average molecular weight is 1410 g/mol. The summed E-state index contributed by atoms with van der Waals surface area (Å²) in [5.41, 5.74) is 0. The van der Waals surface area contributed by atoms with E-state index in [1.165, 1.54) is 154 Å². The van der Waals surface area contributed by atoms with Crippen LogP contribution < -0.4 is 0 Å². The van der Waals surface area contributed by atoms with Crippen LogP contribution in [0.3, 0.4) is 0 Å². The zero-order valence-electron chi connectivity index (χ0n) is 64.9. The molecule has 0 aliphatic carbocycles. The number of carbonyl (C=O) groups excluding carboxylic acids is 2. The van der Waals surface area contributed by atoms with Crippen LogP contribution in [0, 0.1) is 0 Å². The molecular weight excluding hydrogens is 1250 g/mol. The summed E-state index contributed by atoms with van der Waals surface area (Å²) in [5, 5.41) is 0. The Kier molecular flexibility index (Phi) is 74.4. The smallest absolute Gasteiger partial charge is 0.462 e. The van der Waals surface area contributed by atoms with E-state index in [4.69, 9.17) is 18.5 Å². The summed E-state index contributed by atoms with van der Waals surface area (Å²) in [6, 6.07) is 0. The number of likely N-dealkylation sites (N-methyl/N-ethyl adjacent to an activating group) is 1. The van der Waals surface area contributed by atoms with E-state index in [1.54, 1.807) is 0 Å². The minimum atomic E-state index is -4.41. The fourth-order valence-electron chi connectivity index (χ4n) is 10.8. The average Bonchev–Trinajstić information content (AvgIpc) is 1.30. The van der Waals surface area contributed by atoms with Crippen molar-refractivity contribution >= 4 is 19.8 Å². The molecule has 100 heavy (non-hydrogen) atoms. The second-order valence-corrected chi connectivity index (χ2v) is 29.1. The molecule has 0 radical (unpaired) electrons. The lowest BCUT2D eigenvalue weighted by atomic mass is 10.0. The number of quaternary nitrogens is 1. The number of esters is 2. The molecule has 0 aromatic heterocycles. The van der Waals surface area contributed by atoms with E-state index in [0.29, 0.717) is 17.4 Å². The summed E-state index contributed by atoms with van der Waals surface area (Å²) >= 11 is 0. The molecule has 0 heterocycles. The van der Waals surface area contributed by atoms with Crippen molar-refractivity contribution in [3.63, 3.8) is 0 Å². The molecule has 0 fully saturated rings. The second-order valence-electron chi connectivity index (χ2n) is 27.7. The molecule has 2 atom stereocenters. The molecule has 0 aliphatic rings. The second kappa shape index (κ2) is 78.3. The van der Waals surface area contributed by atoms with Crippen molar-refractivity contribution in [1.82, 2.24) is 0 Å². The normalized spacial score (nSPS) is 14.0. The first kappa shape index (κ1) is 95.1. The topological polar surface area (TPSA) is 108 Å². The molecule has 0 rings (SSSR count). The lowest BCUT2D eigenvalue weighted by Crippen LogP contribution is -2.37. The van der Waals surface area contributed by atoms with E-state index >= 15 is 0 Å². The summed E-state index contributed by atoms with van der Waals surface area (Å²) in [4.78, 5) is 36.0. The first-order valence-corrected chi connectivity index (χ1v) is 42.0. The number of carbonyl (C=O) groups is 2. The van der Waals surface area contributed by atoms with E-state index in [9.17, 15) is 19.0 Å². The Hall–Kier alpha value is -4.89. The third kappa shape index (κ3) is 82.1. The number of unbranched alkanes of at least 4 members (excludes halogenated alkanes) is 29. The van der Waals surface area contributed by atoms with Gasteiger partial charge in [0.1, 0.15) is 19.8 Å². The van der Waals surface area contributed by atoms with Crippen LogP contribution in [0.5, 0.6) is 0 Å². The van der Waals surface area contributed by atoms with Crippen molar-refractivity contribution in [1.29, 1.82) is 0 Å². The Morgan fingerprint density at radius 3 is 0.800 bits per heavy atom. The van der Waals surface area contributed by atoms with E-state index in [2.05, 4.69) is 196 Å². The fourth-order valence-corrected chi connectivity index (χ4v) is 11.6. The maximum atomic E-state index is 12.9. The molecule has 0 amide bonds. The third-order valence-electron chi connectivity index (χ3n) is 16.9. The summed E-state index contributed by atoms with van der Waals surface area (Å²) in [6.07, 6.45) is 120. The lowest BCUT2D eigenvalue weighted by Gasteiger charge is -2.24. The van der Waals surface area contributed by atoms with Gasteiger partial charge >= 0.3 is 19.8 Å². The van der Waals surface area contributed by atoms with E-state index in [1.807, 2.05) is 21.1 Å². The molecule has 0 aromatic rings. The number of ether oxygens (including phenoxy) is 2. The molecule has 0 aromatic carbocycles. The SMILES string of the molecule is CC/C=C\C/C=C\C/C=C\C/C=C\C/C=C\C/C=C\C/C=C\C/C=C\CCCCCCCCCCCCCCCCCCC(=O)OC(COC(=O)CCCCCCCCCCCCCCC/C=C\C/C=C\C/C=C\C/C=C\C/C=C\C/C=C\C/C=C\CC)COP(=O)(O)OCC[N+](C)(C)C. The van der Waals surface area contributed by atoms with Gasteiger partial charge in [-0.05, 0) is 135 Å². The fraction of sp³-hybridized carbons (Fsp3) is 0.644. The van der Waals surface area contributed by atoms with Gasteiger partial charge in [-0.1, -0.05) is 357 Å². The van der Waals surface area contributed by atoms with Gasteiger partial charge < -0.3 is 18.9 Å². The molecule has 0 saturated carbocycles. The number of hydrogen-bond acceptors (Lipinski definition) is 7. The van der Waals surface area contributed by atoms with Gasteiger partial charge in [0.05, 0.1) is 27.7 Å². The number of nitrogens with zero attached hydrogens (tertiary/aromatic N) is 1. The minimum absolute atomic E-state index is 0.0254. The van der Waals surface area contributed by atoms with Gasteiger partial charge in [0, 0.05) is 12.8 Å². The highest BCUT2D eigenvalue weighted by Gasteiger charge is 2.27. The van der Waals surface area contributed by atoms with Crippen LogP contribution in [-0.4, -0.2) is 74.9 Å². The molecule has 9 nitrogen and oxygen atoms in total. The first-order chi connectivity index (χ1) is 49.0. The van der Waals surface area contributed by atoms with Crippen molar-refractivity contribution in [2.24, 2.45) is 0 Å². The highest BCUT2D eigenvalue weighted by Crippen LogP contribution is 2.43. The summed E-state index contributed by atoms with van der Waals surface area (Å²) < 4.78 is 34.8. The monoisotopic (exact) mass is 1410 g/mol. The minimum Gasteiger partial charge on any atom is -0.462 e. The molecular formula is C90H151NO8P+. The highest BCUT2D eigenvalue weighted by molar-refractivity contribution is 7.47. The number of rotatable bonds is 73. The van der Waals surface area contributed by atoms with E-state index < -0.39 is 26.5 Å². The van der Waals surface area contributed by atoms with Gasteiger partial charge in [-0.2, -0.15) is 0 Å². The Morgan fingerprint density at radius 2 is 0.540 bits per heavy atom. The number of phosphoric ester groups is 1. The van der Waals surface area contributed by atoms with Crippen LogP contribution in [0.1, 0.15) is 322 Å². The Balaban J connectivity index is 4.01. The molecule has 0 saturated heterocycles. The maximum absolute atomic E-state index is 12.9. The number of phosphoric acid groups is 1. The van der Waals surface area contributed by atoms with Gasteiger partial charge in [-0.15, -0.1) is 0 Å². The van der Waals surface area contributed by atoms with Crippen molar-refractivity contribution in [2.75, 3.05) is 47.5 Å². The molecule has 2 unspecified atom stereocenters. The molecule has 10 heteroatoms. The van der Waals surface area contributed by atoms with E-state index in [0.717, 1.165) is 135 Å². The molecule has 0 bridgehead atoms. The Labute approximate surface area is 616 Å². The standard InChI is InChI=1S/C90H150NO8P/c1-6-8-10-12-14-16-18-20-22-24-26-28-30-32-34-36-38-40-42-43-44-45-46-47-49-51-53-55-57-59-61-63-65-67-69-71-73-75-77-79-81-83-90(93)99-88(87-98-100(94,95)97-85-84-91(3,4)5)86-96-89(92)82-80-78-76-74-72-70-68-66-64-62-60-58-56-54-52-50-48-41-39-37-35-33-31-29-27-25-23-21-19-17-15-13-11-9-7-2/h8-11,14-17,20-23,26-29,32-35,38-41,43-44,46-47,50,52,88H,6-7,12-13,18-19,24-25,30-31,36-37,42,45,48-49,51,53-87H2,1-5H3/p+1/b10-8-,11-9-,16-14-,17-15-,22-20-,23-21-,28-26-,29-27-,34-32-,35-33-,40-38-,41-39-,44-43-,47-46-,52-50-. The largest absolute Gasteiger partial charge is 0.472 e. The number of hydrogen-bond donors (Lipinski definition) is 1. The predicted octanol–water partition coefficient (Wildman–Crippen LogP) is 27.4. The Bertz CT molecular complexity index is 2350. The highest BCUT2D eigenvalue weighted by atomic mass is 31.2. The van der Waals surface area contributed by atoms with Gasteiger partial charge in [0.2, 0.25) is 0 Å².